The Morgan fingerprint density at radius 3 is 2.49 bits per heavy atom. The molecule has 35 heavy (non-hydrogen) atoms. The molecule has 184 valence electrons. The zero-order valence-corrected chi connectivity index (χ0v) is 20.0. The number of benzene rings is 2. The van der Waals surface area contributed by atoms with Gasteiger partial charge in [0.05, 0.1) is 10.6 Å². The molecule has 2 saturated heterocycles. The van der Waals surface area contributed by atoms with E-state index >= 15 is 0 Å². The lowest BCUT2D eigenvalue weighted by atomic mass is 10.0. The molecule has 11 heteroatoms. The summed E-state index contributed by atoms with van der Waals surface area (Å²) in [5.74, 6) is 0.259. The van der Waals surface area contributed by atoms with Crippen molar-refractivity contribution in [3.63, 3.8) is 0 Å². The summed E-state index contributed by atoms with van der Waals surface area (Å²) in [6.45, 7) is 1.98. The Hall–Kier alpha value is -3.47. The van der Waals surface area contributed by atoms with Gasteiger partial charge in [0.25, 0.3) is 11.8 Å². The van der Waals surface area contributed by atoms with E-state index in [-0.39, 0.29) is 22.5 Å². The lowest BCUT2D eigenvalue weighted by molar-refractivity contribution is -0.130. The van der Waals surface area contributed by atoms with Crippen LogP contribution in [0.4, 0.5) is 16.0 Å². The van der Waals surface area contributed by atoms with Crippen molar-refractivity contribution in [2.24, 2.45) is 0 Å². The summed E-state index contributed by atoms with van der Waals surface area (Å²) in [5, 5.41) is 7.07. The molecule has 2 fully saturated rings. The number of halogens is 1. The van der Waals surface area contributed by atoms with Gasteiger partial charge in [-0.05, 0) is 54.8 Å². The SMILES string of the molecule is CS(=O)(=O)c1ccc(N[C@H]2CCN(C3CCN(c4noc(-c5ccccc5)n4)CC3)C2=O)c(F)c1. The van der Waals surface area contributed by atoms with Crippen LogP contribution in [-0.4, -0.2) is 67.3 Å². The lowest BCUT2D eigenvalue weighted by Gasteiger charge is -2.36. The Kier molecular flexibility index (Phi) is 6.18. The average molecular weight is 500 g/mol. The second-order valence-electron chi connectivity index (χ2n) is 8.91. The van der Waals surface area contributed by atoms with E-state index in [4.69, 9.17) is 4.52 Å². The largest absolute Gasteiger partial charge is 0.371 e. The molecule has 0 bridgehead atoms. The predicted molar refractivity (Wildman–Crippen MR) is 128 cm³/mol. The van der Waals surface area contributed by atoms with E-state index in [1.54, 1.807) is 0 Å². The summed E-state index contributed by atoms with van der Waals surface area (Å²) >= 11 is 0. The maximum atomic E-state index is 14.5. The first-order chi connectivity index (χ1) is 16.8. The number of likely N-dealkylation sites (tertiary alicyclic amines) is 1. The second-order valence-corrected chi connectivity index (χ2v) is 10.9. The molecule has 1 atom stereocenters. The fraction of sp³-hybridized carbons (Fsp3) is 0.375. The molecule has 0 spiro atoms. The fourth-order valence-electron chi connectivity index (χ4n) is 4.65. The summed E-state index contributed by atoms with van der Waals surface area (Å²) in [6.07, 6.45) is 3.12. The van der Waals surface area contributed by atoms with E-state index in [9.17, 15) is 17.6 Å². The fourth-order valence-corrected chi connectivity index (χ4v) is 5.28. The number of carbonyl (C=O) groups excluding carboxylic acids is 1. The van der Waals surface area contributed by atoms with Crippen LogP contribution in [0.1, 0.15) is 19.3 Å². The van der Waals surface area contributed by atoms with Crippen molar-refractivity contribution in [3.05, 3.63) is 54.3 Å². The van der Waals surface area contributed by atoms with E-state index in [2.05, 4.69) is 20.4 Å². The van der Waals surface area contributed by atoms with Crippen LogP contribution in [0.2, 0.25) is 0 Å². The van der Waals surface area contributed by atoms with Crippen LogP contribution >= 0.6 is 0 Å². The van der Waals surface area contributed by atoms with Crippen LogP contribution in [-0.2, 0) is 14.6 Å². The summed E-state index contributed by atoms with van der Waals surface area (Å²) < 4.78 is 43.1. The van der Waals surface area contributed by atoms with E-state index < -0.39 is 21.7 Å². The summed E-state index contributed by atoms with van der Waals surface area (Å²) in [5.41, 5.74) is 0.989. The van der Waals surface area contributed by atoms with E-state index in [0.29, 0.717) is 37.9 Å². The minimum absolute atomic E-state index is 0.0686. The molecule has 2 aliphatic heterocycles. The Morgan fingerprint density at radius 1 is 1.06 bits per heavy atom. The normalized spacial score (nSPS) is 19.4. The molecule has 0 aliphatic carbocycles. The molecule has 3 aromatic rings. The van der Waals surface area contributed by atoms with Gasteiger partial charge in [0.2, 0.25) is 5.91 Å². The molecule has 9 nitrogen and oxygen atoms in total. The highest BCUT2D eigenvalue weighted by atomic mass is 32.2. The van der Waals surface area contributed by atoms with Crippen LogP contribution in [0.5, 0.6) is 0 Å². The van der Waals surface area contributed by atoms with Crippen LogP contribution in [0.25, 0.3) is 11.5 Å². The number of carbonyl (C=O) groups is 1. The van der Waals surface area contributed by atoms with Gasteiger partial charge in [-0.3, -0.25) is 4.79 Å². The van der Waals surface area contributed by atoms with Gasteiger partial charge in [-0.2, -0.15) is 4.98 Å². The number of sulfone groups is 1. The van der Waals surface area contributed by atoms with Gasteiger partial charge in [0.1, 0.15) is 11.9 Å². The number of piperidine rings is 1. The van der Waals surface area contributed by atoms with E-state index in [1.807, 2.05) is 35.2 Å². The van der Waals surface area contributed by atoms with Crippen molar-refractivity contribution >= 4 is 27.4 Å². The van der Waals surface area contributed by atoms with Crippen molar-refractivity contribution in [2.75, 3.05) is 36.1 Å². The number of aromatic nitrogens is 2. The Labute approximate surface area is 202 Å². The number of hydrogen-bond donors (Lipinski definition) is 1. The second kappa shape index (κ2) is 9.29. The van der Waals surface area contributed by atoms with Crippen LogP contribution in [0, 0.1) is 5.82 Å². The highest BCUT2D eigenvalue weighted by Gasteiger charge is 2.38. The number of anilines is 2. The molecule has 1 aromatic heterocycles. The third kappa shape index (κ3) is 4.86. The summed E-state index contributed by atoms with van der Waals surface area (Å²) in [7, 11) is -3.50. The van der Waals surface area contributed by atoms with Crippen molar-refractivity contribution in [1.82, 2.24) is 15.0 Å². The maximum absolute atomic E-state index is 14.5. The van der Waals surface area contributed by atoms with Crippen LogP contribution in [0.15, 0.2) is 57.9 Å². The summed E-state index contributed by atoms with van der Waals surface area (Å²) in [6, 6.07) is 12.8. The van der Waals surface area contributed by atoms with Gasteiger partial charge in [0.15, 0.2) is 9.84 Å². The molecule has 2 aromatic carbocycles. The Balaban J connectivity index is 1.18. The standard InChI is InChI=1S/C24H26FN5O4S/c1-35(32,33)18-7-8-20(19(25)15-18)26-21-11-14-30(23(21)31)17-9-12-29(13-10-17)24-27-22(34-28-24)16-5-3-2-4-6-16/h2-8,15,17,21,26H,9-14H2,1H3/t21-/m0/s1. The van der Waals surface area contributed by atoms with Gasteiger partial charge in [0, 0.05) is 37.5 Å². The maximum Gasteiger partial charge on any atom is 0.266 e. The van der Waals surface area contributed by atoms with Crippen LogP contribution in [0.3, 0.4) is 0 Å². The number of amides is 1. The molecule has 5 rings (SSSR count). The average Bonchev–Trinajstić information content (AvgIpc) is 3.48. The number of rotatable bonds is 6. The van der Waals surface area contributed by atoms with Gasteiger partial charge in [-0.25, -0.2) is 12.8 Å². The smallest absolute Gasteiger partial charge is 0.266 e. The molecule has 3 heterocycles. The van der Waals surface area contributed by atoms with Gasteiger partial charge < -0.3 is 19.6 Å². The van der Waals surface area contributed by atoms with Crippen molar-refractivity contribution in [3.8, 4) is 11.5 Å². The minimum Gasteiger partial charge on any atom is -0.371 e. The molecule has 0 saturated carbocycles. The van der Waals surface area contributed by atoms with Gasteiger partial charge in [-0.15, -0.1) is 0 Å². The van der Waals surface area contributed by atoms with Gasteiger partial charge in [-0.1, -0.05) is 18.2 Å². The number of hydrogen-bond acceptors (Lipinski definition) is 8. The zero-order valence-electron chi connectivity index (χ0n) is 19.2. The third-order valence-corrected chi connectivity index (χ3v) is 7.67. The molecular weight excluding hydrogens is 473 g/mol. The zero-order chi connectivity index (χ0) is 24.6. The van der Waals surface area contributed by atoms with Crippen molar-refractivity contribution in [2.45, 2.75) is 36.2 Å². The van der Waals surface area contributed by atoms with E-state index in [1.165, 1.54) is 12.1 Å². The minimum atomic E-state index is -3.50. The first-order valence-corrected chi connectivity index (χ1v) is 13.4. The summed E-state index contributed by atoms with van der Waals surface area (Å²) in [4.78, 5) is 21.4. The molecule has 0 unspecified atom stereocenters. The number of nitrogens with one attached hydrogen (secondary N) is 1. The molecule has 1 N–H and O–H groups in total. The molecule has 2 aliphatic rings. The molecule has 1 amide bonds. The highest BCUT2D eigenvalue weighted by molar-refractivity contribution is 7.90. The Morgan fingerprint density at radius 2 is 1.80 bits per heavy atom. The first-order valence-electron chi connectivity index (χ1n) is 11.5. The van der Waals surface area contributed by atoms with Gasteiger partial charge >= 0.3 is 0 Å². The first kappa shape index (κ1) is 23.3. The quantitative estimate of drug-likeness (QED) is 0.552. The van der Waals surface area contributed by atoms with Crippen LogP contribution < -0.4 is 10.2 Å². The topological polar surface area (TPSA) is 109 Å². The Bertz CT molecular complexity index is 1320. The van der Waals surface area contributed by atoms with Crippen molar-refractivity contribution < 1.29 is 22.1 Å². The third-order valence-electron chi connectivity index (χ3n) is 6.56. The molecule has 0 radical (unpaired) electrons. The molecular formula is C24H26FN5O4S. The predicted octanol–water partition coefficient (Wildman–Crippen LogP) is 2.96. The highest BCUT2D eigenvalue weighted by Crippen LogP contribution is 2.28. The lowest BCUT2D eigenvalue weighted by Crippen LogP contribution is -2.47. The monoisotopic (exact) mass is 499 g/mol. The van der Waals surface area contributed by atoms with Crippen molar-refractivity contribution in [1.29, 1.82) is 0 Å². The number of nitrogens with zero attached hydrogens (tertiary/aromatic N) is 4. The van der Waals surface area contributed by atoms with E-state index in [0.717, 1.165) is 30.7 Å².